The maximum atomic E-state index is 11.1. The van der Waals surface area contributed by atoms with Crippen LogP contribution in [0.1, 0.15) is 91.9 Å². The Morgan fingerprint density at radius 3 is 1.57 bits per heavy atom. The first-order valence-corrected chi connectivity index (χ1v) is 11.2. The molecule has 0 radical (unpaired) electrons. The Hall–Kier alpha value is -0.493. The molecule has 0 N–H and O–H groups in total. The van der Waals surface area contributed by atoms with E-state index >= 15 is 0 Å². The number of allylic oxidation sites excluding steroid dienone is 4. The van der Waals surface area contributed by atoms with Crippen LogP contribution < -0.4 is 24.0 Å². The van der Waals surface area contributed by atoms with Crippen LogP contribution in [0.3, 0.4) is 0 Å². The summed E-state index contributed by atoms with van der Waals surface area (Å²) in [7, 11) is 0. The van der Waals surface area contributed by atoms with Crippen molar-refractivity contribution in [2.75, 3.05) is 19.6 Å². The van der Waals surface area contributed by atoms with Crippen molar-refractivity contribution in [1.82, 2.24) is 4.90 Å². The van der Waals surface area contributed by atoms with Crippen LogP contribution in [0, 0.1) is 11.8 Å². The summed E-state index contributed by atoms with van der Waals surface area (Å²) in [6.07, 6.45) is 20.8. The van der Waals surface area contributed by atoms with Gasteiger partial charge in [-0.05, 0) is 63.2 Å². The maximum absolute atomic E-state index is 11.1. The predicted octanol–water partition coefficient (Wildman–Crippen LogP) is 2.37. The van der Waals surface area contributed by atoms with Crippen molar-refractivity contribution in [2.45, 2.75) is 91.9 Å². The fourth-order valence-corrected chi connectivity index (χ4v) is 3.42. The number of unbranched alkanes of at least 4 members (excludes halogenated alkanes) is 4. The number of carbonyl (C=O) groups excluding carboxylic acids is 1. The third-order valence-electron chi connectivity index (χ3n) is 4.87. The maximum Gasteiger partial charge on any atom is 1.00 e. The molecule has 0 saturated carbocycles. The van der Waals surface area contributed by atoms with E-state index in [0.29, 0.717) is 11.8 Å². The summed E-state index contributed by atoms with van der Waals surface area (Å²) in [5.41, 5.74) is 0. The molecule has 0 amide bonds. The smallest absolute Gasteiger partial charge is 0.549 e. The quantitative estimate of drug-likeness (QED) is 0.207. The van der Waals surface area contributed by atoms with Gasteiger partial charge in [0.2, 0.25) is 0 Å². The van der Waals surface area contributed by atoms with Crippen molar-refractivity contribution >= 4 is 5.97 Å². The van der Waals surface area contributed by atoms with Gasteiger partial charge in [-0.2, -0.15) is 0 Å². The average Bonchev–Trinajstić information content (AvgIpc) is 2.60. The minimum Gasteiger partial charge on any atom is -0.549 e. The van der Waals surface area contributed by atoms with Crippen LogP contribution in [0.15, 0.2) is 24.3 Å². The summed E-state index contributed by atoms with van der Waals surface area (Å²) in [6.45, 7) is 10.6. The summed E-state index contributed by atoms with van der Waals surface area (Å²) in [5, 5.41) is 11.1. The van der Waals surface area contributed by atoms with E-state index in [1.54, 1.807) is 0 Å². The van der Waals surface area contributed by atoms with Gasteiger partial charge in [0.15, 0.2) is 0 Å². The Morgan fingerprint density at radius 2 is 1.21 bits per heavy atom. The fraction of sp³-hybridized carbons (Fsp3) is 0.792. The van der Waals surface area contributed by atoms with E-state index in [0.717, 1.165) is 38.8 Å². The topological polar surface area (TPSA) is 43.4 Å². The molecular formula is C24H44LiNO2. The van der Waals surface area contributed by atoms with Crippen molar-refractivity contribution in [3.63, 3.8) is 0 Å². The molecule has 4 heteroatoms. The van der Waals surface area contributed by atoms with Gasteiger partial charge in [-0.15, -0.1) is 0 Å². The second-order valence-electron chi connectivity index (χ2n) is 8.16. The van der Waals surface area contributed by atoms with Crippen molar-refractivity contribution < 1.29 is 28.8 Å². The number of hydrogen-bond acceptors (Lipinski definition) is 3. The molecule has 0 aliphatic heterocycles. The molecule has 158 valence electrons. The summed E-state index contributed by atoms with van der Waals surface area (Å²) < 4.78 is 0. The first-order chi connectivity index (χ1) is 13.0. The van der Waals surface area contributed by atoms with Gasteiger partial charge in [0, 0.05) is 19.6 Å². The summed E-state index contributed by atoms with van der Waals surface area (Å²) in [4.78, 5) is 13.2. The van der Waals surface area contributed by atoms with Crippen LogP contribution in [-0.2, 0) is 4.79 Å². The zero-order valence-corrected chi connectivity index (χ0v) is 19.4. The molecule has 0 rings (SSSR count). The van der Waals surface area contributed by atoms with Crippen LogP contribution in [0.2, 0.25) is 0 Å². The minimum absolute atomic E-state index is 0. The molecule has 0 spiro atoms. The number of carbonyl (C=O) groups is 1. The van der Waals surface area contributed by atoms with Crippen molar-refractivity contribution in [3.05, 3.63) is 24.3 Å². The standard InChI is InChI=1S/C24H45NO2.Li/c1-5-7-9-11-13-15-17-22(3)19-25(21-24(26)27)20-23(4)18-16-14-12-10-8-6-2;/h9-12,22-23H,5-8,13-21H2,1-4H3,(H,26,27);/q;+1/p-1/b11-9+,12-10+;. The third-order valence-corrected chi connectivity index (χ3v) is 4.87. The molecule has 0 aromatic rings. The molecular weight excluding hydrogens is 341 g/mol. The molecule has 2 atom stereocenters. The largest absolute Gasteiger partial charge is 1.00 e. The monoisotopic (exact) mass is 385 g/mol. The second-order valence-corrected chi connectivity index (χ2v) is 8.16. The Morgan fingerprint density at radius 1 is 0.821 bits per heavy atom. The van der Waals surface area contributed by atoms with E-state index in [2.05, 4.69) is 56.9 Å². The van der Waals surface area contributed by atoms with Gasteiger partial charge >= 0.3 is 18.9 Å². The summed E-state index contributed by atoms with van der Waals surface area (Å²) in [6, 6.07) is 0. The Balaban J connectivity index is 0. The van der Waals surface area contributed by atoms with Gasteiger partial charge in [-0.1, -0.05) is 64.8 Å². The molecule has 0 aliphatic rings. The van der Waals surface area contributed by atoms with Crippen molar-refractivity contribution in [2.24, 2.45) is 11.8 Å². The van der Waals surface area contributed by atoms with E-state index in [9.17, 15) is 9.90 Å². The number of aliphatic carboxylic acids is 1. The van der Waals surface area contributed by atoms with E-state index in [4.69, 9.17) is 0 Å². The Kier molecular flexibility index (Phi) is 22.5. The van der Waals surface area contributed by atoms with E-state index in [-0.39, 0.29) is 25.4 Å². The van der Waals surface area contributed by atoms with Crippen LogP contribution in [0.25, 0.3) is 0 Å². The molecule has 0 saturated heterocycles. The normalized spacial score (nSPS) is 13.9. The zero-order valence-electron chi connectivity index (χ0n) is 19.4. The Bertz CT molecular complexity index is 379. The van der Waals surface area contributed by atoms with Gasteiger partial charge < -0.3 is 9.90 Å². The van der Waals surface area contributed by atoms with Gasteiger partial charge in [0.1, 0.15) is 0 Å². The van der Waals surface area contributed by atoms with Gasteiger partial charge in [0.05, 0.1) is 5.97 Å². The Labute approximate surface area is 187 Å². The van der Waals surface area contributed by atoms with Crippen molar-refractivity contribution in [1.29, 1.82) is 0 Å². The van der Waals surface area contributed by atoms with Gasteiger partial charge in [-0.3, -0.25) is 4.90 Å². The molecule has 0 bridgehead atoms. The molecule has 0 aromatic carbocycles. The predicted molar refractivity (Wildman–Crippen MR) is 116 cm³/mol. The molecule has 2 unspecified atom stereocenters. The van der Waals surface area contributed by atoms with Crippen LogP contribution in [-0.4, -0.2) is 30.5 Å². The SMILES string of the molecule is CCC/C=C/CCCC(C)CN(CC(=O)[O-])CC(C)CCC/C=C/CCC.[Li+]. The fourth-order valence-electron chi connectivity index (χ4n) is 3.42. The van der Waals surface area contributed by atoms with Crippen LogP contribution >= 0.6 is 0 Å². The molecule has 0 heterocycles. The molecule has 3 nitrogen and oxygen atoms in total. The minimum atomic E-state index is -0.959. The molecule has 0 aromatic heterocycles. The molecule has 0 fully saturated rings. The van der Waals surface area contributed by atoms with Gasteiger partial charge in [-0.25, -0.2) is 0 Å². The van der Waals surface area contributed by atoms with Crippen molar-refractivity contribution in [3.8, 4) is 0 Å². The molecule has 28 heavy (non-hydrogen) atoms. The first-order valence-electron chi connectivity index (χ1n) is 11.2. The summed E-state index contributed by atoms with van der Waals surface area (Å²) >= 11 is 0. The number of hydrogen-bond donors (Lipinski definition) is 0. The number of carboxylic acid groups (broad SMARTS) is 1. The van der Waals surface area contributed by atoms with E-state index < -0.39 is 5.97 Å². The zero-order chi connectivity index (χ0) is 20.3. The van der Waals surface area contributed by atoms with E-state index in [1.165, 1.54) is 38.5 Å². The number of rotatable bonds is 18. The van der Waals surface area contributed by atoms with Crippen LogP contribution in [0.5, 0.6) is 0 Å². The van der Waals surface area contributed by atoms with Crippen LogP contribution in [0.4, 0.5) is 0 Å². The molecule has 0 aliphatic carbocycles. The third kappa shape index (κ3) is 20.2. The second kappa shape index (κ2) is 21.2. The number of nitrogens with zero attached hydrogens (tertiary/aromatic N) is 1. The van der Waals surface area contributed by atoms with Gasteiger partial charge in [0.25, 0.3) is 0 Å². The summed E-state index contributed by atoms with van der Waals surface area (Å²) in [5.74, 6) is 0.0839. The first kappa shape index (κ1) is 29.7. The number of carboxylic acids is 1. The van der Waals surface area contributed by atoms with E-state index in [1.807, 2.05) is 0 Å². The average molecular weight is 386 g/mol.